The van der Waals surface area contributed by atoms with Crippen molar-refractivity contribution in [2.45, 2.75) is 76.5 Å². The zero-order chi connectivity index (χ0) is 29.7. The zero-order valence-corrected chi connectivity index (χ0v) is 21.9. The second kappa shape index (κ2) is 15.9. The molecule has 0 saturated carbocycles. The van der Waals surface area contributed by atoms with Gasteiger partial charge < -0.3 is 42.7 Å². The molecule has 14 nitrogen and oxygen atoms in total. The molecule has 10 N–H and O–H groups in total. The minimum atomic E-state index is -1.36. The second-order valence-corrected chi connectivity index (χ2v) is 9.25. The summed E-state index contributed by atoms with van der Waals surface area (Å²) in [4.78, 5) is 72.8. The van der Waals surface area contributed by atoms with Gasteiger partial charge in [0.2, 0.25) is 23.6 Å². The number of amides is 4. The normalized spacial score (nSPS) is 14.6. The van der Waals surface area contributed by atoms with Crippen LogP contribution in [-0.2, 0) is 35.2 Å². The maximum absolute atomic E-state index is 13.3. The lowest BCUT2D eigenvalue weighted by Gasteiger charge is -2.26. The third kappa shape index (κ3) is 11.8. The summed E-state index contributed by atoms with van der Waals surface area (Å²) in [6, 6.07) is 0.596. The molecule has 0 aromatic heterocycles. The van der Waals surface area contributed by atoms with Gasteiger partial charge in [0, 0.05) is 19.3 Å². The van der Waals surface area contributed by atoms with E-state index in [4.69, 9.17) is 16.6 Å². The Labute approximate surface area is 225 Å². The van der Waals surface area contributed by atoms with Crippen LogP contribution in [0.3, 0.4) is 0 Å². The van der Waals surface area contributed by atoms with Crippen molar-refractivity contribution < 1.29 is 44.1 Å². The quantitative estimate of drug-likeness (QED) is 0.117. The number of benzene rings is 1. The molecule has 14 heteroatoms. The van der Waals surface area contributed by atoms with Crippen LogP contribution < -0.4 is 27.4 Å². The molecule has 4 amide bonds. The van der Waals surface area contributed by atoms with E-state index in [2.05, 4.69) is 16.0 Å². The second-order valence-electron chi connectivity index (χ2n) is 9.25. The molecule has 0 aliphatic carbocycles. The fraction of sp³-hybridized carbons (Fsp3) is 0.520. The Morgan fingerprint density at radius 3 is 1.92 bits per heavy atom. The smallest absolute Gasteiger partial charge is 0.326 e. The molecule has 1 rings (SSSR count). The molecule has 1 aromatic rings. The lowest BCUT2D eigenvalue weighted by molar-refractivity contribution is -0.144. The minimum Gasteiger partial charge on any atom is -0.508 e. The van der Waals surface area contributed by atoms with E-state index in [0.717, 1.165) is 0 Å². The number of aliphatic carboxylic acids is 2. The summed E-state index contributed by atoms with van der Waals surface area (Å²) in [5.74, 6) is -6.16. The molecule has 216 valence electrons. The van der Waals surface area contributed by atoms with Crippen LogP contribution in [0.5, 0.6) is 5.75 Å². The van der Waals surface area contributed by atoms with Crippen molar-refractivity contribution in [1.82, 2.24) is 16.0 Å². The first-order valence-electron chi connectivity index (χ1n) is 12.4. The number of hydrogen-bond donors (Lipinski definition) is 8. The molecule has 0 spiro atoms. The van der Waals surface area contributed by atoms with E-state index >= 15 is 0 Å². The molecule has 0 heterocycles. The number of carbonyl (C=O) groups is 6. The molecule has 39 heavy (non-hydrogen) atoms. The summed E-state index contributed by atoms with van der Waals surface area (Å²) in [6.07, 6.45) is -0.757. The number of hydrogen-bond acceptors (Lipinski definition) is 8. The Morgan fingerprint density at radius 1 is 0.846 bits per heavy atom. The Hall–Kier alpha value is -4.20. The summed E-state index contributed by atoms with van der Waals surface area (Å²) < 4.78 is 0. The first-order valence-corrected chi connectivity index (χ1v) is 12.4. The Morgan fingerprint density at radius 2 is 1.41 bits per heavy atom. The number of aromatic hydroxyl groups is 1. The number of carbonyl (C=O) groups excluding carboxylic acids is 4. The van der Waals surface area contributed by atoms with Gasteiger partial charge in [-0.15, -0.1) is 0 Å². The fourth-order valence-corrected chi connectivity index (χ4v) is 3.53. The molecular formula is C25H37N5O9. The third-order valence-electron chi connectivity index (χ3n) is 6.10. The number of primary amides is 1. The Balaban J connectivity index is 3.18. The average Bonchev–Trinajstić information content (AvgIpc) is 2.87. The predicted molar refractivity (Wildman–Crippen MR) is 138 cm³/mol. The molecule has 5 atom stereocenters. The van der Waals surface area contributed by atoms with E-state index in [9.17, 15) is 39.0 Å². The van der Waals surface area contributed by atoms with Crippen LogP contribution in [0.15, 0.2) is 24.3 Å². The maximum atomic E-state index is 13.3. The van der Waals surface area contributed by atoms with E-state index in [1.54, 1.807) is 13.8 Å². The number of nitrogens with one attached hydrogen (secondary N) is 3. The van der Waals surface area contributed by atoms with Gasteiger partial charge in [0.05, 0.1) is 6.04 Å². The number of phenols is 1. The number of phenolic OH excluding ortho intramolecular Hbond substituents is 1. The van der Waals surface area contributed by atoms with Crippen molar-refractivity contribution in [1.29, 1.82) is 0 Å². The molecule has 0 radical (unpaired) electrons. The first kappa shape index (κ1) is 32.8. The predicted octanol–water partition coefficient (Wildman–Crippen LogP) is -1.02. The lowest BCUT2D eigenvalue weighted by atomic mass is 9.98. The summed E-state index contributed by atoms with van der Waals surface area (Å²) in [6.45, 7) is 3.38. The number of carboxylic acid groups (broad SMARTS) is 2. The molecule has 0 aliphatic rings. The van der Waals surface area contributed by atoms with E-state index in [-0.39, 0.29) is 37.9 Å². The standard InChI is InChI=1S/C25H37N5O9/c1-3-13(2)21(25(38)39)30-23(36)17(9-10-19(27)32)28-24(37)18(12-14-4-6-15(31)7-5-14)29-22(35)16(26)8-11-20(33)34/h4-7,13,16-18,21,31H,3,8-12,26H2,1-2H3,(H2,27,32)(H,28,37)(H,29,35)(H,30,36)(H,33,34)(H,38,39). The van der Waals surface area contributed by atoms with Crippen LogP contribution in [0.2, 0.25) is 0 Å². The average molecular weight is 552 g/mol. The SMILES string of the molecule is CCC(C)C(NC(=O)C(CCC(N)=O)NC(=O)C(Cc1ccc(O)cc1)NC(=O)C(N)CCC(=O)O)C(=O)O. The molecule has 0 bridgehead atoms. The summed E-state index contributed by atoms with van der Waals surface area (Å²) in [7, 11) is 0. The van der Waals surface area contributed by atoms with Gasteiger partial charge in [0.25, 0.3) is 0 Å². The summed E-state index contributed by atoms with van der Waals surface area (Å²) >= 11 is 0. The van der Waals surface area contributed by atoms with Gasteiger partial charge in [-0.25, -0.2) is 4.79 Å². The molecule has 0 fully saturated rings. The van der Waals surface area contributed by atoms with Crippen molar-refractivity contribution in [3.63, 3.8) is 0 Å². The van der Waals surface area contributed by atoms with Gasteiger partial charge in [-0.1, -0.05) is 32.4 Å². The zero-order valence-electron chi connectivity index (χ0n) is 21.9. The van der Waals surface area contributed by atoms with Crippen molar-refractivity contribution in [3.8, 4) is 5.75 Å². The largest absolute Gasteiger partial charge is 0.508 e. The van der Waals surface area contributed by atoms with Crippen LogP contribution in [0, 0.1) is 5.92 Å². The molecule has 1 aromatic carbocycles. The van der Waals surface area contributed by atoms with E-state index in [1.165, 1.54) is 24.3 Å². The van der Waals surface area contributed by atoms with Crippen molar-refractivity contribution in [2.75, 3.05) is 0 Å². The lowest BCUT2D eigenvalue weighted by Crippen LogP contribution is -2.58. The highest BCUT2D eigenvalue weighted by molar-refractivity contribution is 5.94. The third-order valence-corrected chi connectivity index (χ3v) is 6.10. The van der Waals surface area contributed by atoms with Crippen LogP contribution in [0.25, 0.3) is 0 Å². The molecule has 0 aliphatic heterocycles. The summed E-state index contributed by atoms with van der Waals surface area (Å²) in [5.41, 5.74) is 11.5. The molecule has 0 saturated heterocycles. The highest BCUT2D eigenvalue weighted by Crippen LogP contribution is 2.13. The van der Waals surface area contributed by atoms with E-state index < -0.39 is 65.7 Å². The van der Waals surface area contributed by atoms with Crippen molar-refractivity contribution in [2.24, 2.45) is 17.4 Å². The number of carboxylic acids is 2. The highest BCUT2D eigenvalue weighted by atomic mass is 16.4. The van der Waals surface area contributed by atoms with Gasteiger partial charge in [-0.05, 0) is 36.5 Å². The number of nitrogens with two attached hydrogens (primary N) is 2. The van der Waals surface area contributed by atoms with E-state index in [0.29, 0.717) is 12.0 Å². The van der Waals surface area contributed by atoms with Gasteiger partial charge in [0.15, 0.2) is 0 Å². The monoisotopic (exact) mass is 551 g/mol. The van der Waals surface area contributed by atoms with Gasteiger partial charge in [-0.3, -0.25) is 24.0 Å². The molecule has 5 unspecified atom stereocenters. The highest BCUT2D eigenvalue weighted by Gasteiger charge is 2.32. The van der Waals surface area contributed by atoms with Gasteiger partial charge in [0.1, 0.15) is 23.9 Å². The van der Waals surface area contributed by atoms with Gasteiger partial charge >= 0.3 is 11.9 Å². The minimum absolute atomic E-state index is 0.0306. The maximum Gasteiger partial charge on any atom is 0.326 e. The van der Waals surface area contributed by atoms with Gasteiger partial charge in [-0.2, -0.15) is 0 Å². The van der Waals surface area contributed by atoms with Crippen molar-refractivity contribution >= 4 is 35.6 Å². The topological polar surface area (TPSA) is 251 Å². The van der Waals surface area contributed by atoms with Crippen LogP contribution in [0.4, 0.5) is 0 Å². The Bertz CT molecular complexity index is 1030. The van der Waals surface area contributed by atoms with E-state index in [1.807, 2.05) is 0 Å². The van der Waals surface area contributed by atoms with Crippen molar-refractivity contribution in [3.05, 3.63) is 29.8 Å². The Kier molecular flexibility index (Phi) is 13.4. The van der Waals surface area contributed by atoms with Crippen LogP contribution in [0.1, 0.15) is 51.5 Å². The van der Waals surface area contributed by atoms with Crippen LogP contribution in [-0.4, -0.2) is 75.1 Å². The molecular weight excluding hydrogens is 514 g/mol. The number of rotatable bonds is 17. The van der Waals surface area contributed by atoms with Crippen LogP contribution >= 0.6 is 0 Å². The summed E-state index contributed by atoms with van der Waals surface area (Å²) in [5, 5.41) is 35.2. The first-order chi connectivity index (χ1) is 18.2. The fourth-order valence-electron chi connectivity index (χ4n) is 3.53.